The summed E-state index contributed by atoms with van der Waals surface area (Å²) in [5, 5.41) is 13.5. The lowest BCUT2D eigenvalue weighted by molar-refractivity contribution is 0.0697. The number of rotatable bonds is 8. The van der Waals surface area contributed by atoms with Crippen LogP contribution >= 0.6 is 12.2 Å². The number of thiocarbonyl (C=S) groups is 1. The third-order valence-corrected chi connectivity index (χ3v) is 7.98. The van der Waals surface area contributed by atoms with Crippen LogP contribution in [0.1, 0.15) is 45.1 Å². The van der Waals surface area contributed by atoms with Gasteiger partial charge in [-0.15, -0.1) is 0 Å². The number of ether oxygens (including phenoxy) is 2. The summed E-state index contributed by atoms with van der Waals surface area (Å²) < 4.78 is 13.4. The zero-order chi connectivity index (χ0) is 30.1. The third kappa shape index (κ3) is 5.42. The van der Waals surface area contributed by atoms with Crippen molar-refractivity contribution in [1.29, 1.82) is 0 Å². The van der Waals surface area contributed by atoms with Crippen LogP contribution in [-0.4, -0.2) is 32.8 Å². The molecule has 5 aromatic rings. The van der Waals surface area contributed by atoms with Crippen LogP contribution in [0.3, 0.4) is 0 Å². The molecule has 2 N–H and O–H groups in total. The van der Waals surface area contributed by atoms with E-state index in [0.717, 1.165) is 39.8 Å². The SMILES string of the molecule is COc1ccc(Oc2ccc(N3C(=S)NC(c4ccccn4)C3c3cc(C)n(-c4ccc(C(=O)O)cc4)c3C)cc2)cc1. The largest absolute Gasteiger partial charge is 0.497 e. The number of carboxylic acid groups (broad SMARTS) is 1. The Bertz CT molecular complexity index is 1770. The summed E-state index contributed by atoms with van der Waals surface area (Å²) in [7, 11) is 1.63. The molecule has 1 aliphatic heterocycles. The minimum atomic E-state index is -0.951. The van der Waals surface area contributed by atoms with E-state index in [1.165, 1.54) is 0 Å². The van der Waals surface area contributed by atoms with E-state index < -0.39 is 5.97 Å². The van der Waals surface area contributed by atoms with E-state index in [2.05, 4.69) is 32.8 Å². The van der Waals surface area contributed by atoms with Crippen molar-refractivity contribution < 1.29 is 19.4 Å². The van der Waals surface area contributed by atoms with Crippen molar-refractivity contribution in [2.45, 2.75) is 25.9 Å². The monoisotopic (exact) mass is 590 g/mol. The Morgan fingerprint density at radius 2 is 1.51 bits per heavy atom. The topological polar surface area (TPSA) is 88.9 Å². The van der Waals surface area contributed by atoms with E-state index in [1.807, 2.05) is 85.8 Å². The molecule has 1 aliphatic rings. The molecule has 8 nitrogen and oxygen atoms in total. The number of hydrogen-bond acceptors (Lipinski definition) is 5. The van der Waals surface area contributed by atoms with Crippen molar-refractivity contribution >= 4 is 29.0 Å². The maximum atomic E-state index is 11.4. The number of carbonyl (C=O) groups is 1. The van der Waals surface area contributed by atoms with Crippen molar-refractivity contribution in [2.24, 2.45) is 0 Å². The maximum absolute atomic E-state index is 11.4. The Hall–Kier alpha value is -5.15. The van der Waals surface area contributed by atoms with Crippen LogP contribution < -0.4 is 19.7 Å². The molecule has 0 spiro atoms. The van der Waals surface area contributed by atoms with Crippen LogP contribution in [0.15, 0.2) is 103 Å². The molecule has 0 aliphatic carbocycles. The van der Waals surface area contributed by atoms with Gasteiger partial charge in [-0.25, -0.2) is 4.79 Å². The van der Waals surface area contributed by atoms with Crippen LogP contribution in [0.25, 0.3) is 5.69 Å². The lowest BCUT2D eigenvalue weighted by Crippen LogP contribution is -2.29. The Morgan fingerprint density at radius 3 is 2.12 bits per heavy atom. The Morgan fingerprint density at radius 1 is 0.884 bits per heavy atom. The molecule has 3 aromatic carbocycles. The van der Waals surface area contributed by atoms with Gasteiger partial charge in [0.05, 0.1) is 30.5 Å². The summed E-state index contributed by atoms with van der Waals surface area (Å²) in [5.74, 6) is 1.23. The van der Waals surface area contributed by atoms with Gasteiger partial charge in [0, 0.05) is 29.0 Å². The number of benzene rings is 3. The summed E-state index contributed by atoms with van der Waals surface area (Å²) in [6.45, 7) is 4.13. The first kappa shape index (κ1) is 28.0. The van der Waals surface area contributed by atoms with Crippen LogP contribution in [-0.2, 0) is 0 Å². The number of methoxy groups -OCH3 is 1. The molecule has 2 unspecified atom stereocenters. The van der Waals surface area contributed by atoms with Gasteiger partial charge in [0.1, 0.15) is 17.2 Å². The first-order valence-corrected chi connectivity index (χ1v) is 14.2. The Balaban J connectivity index is 1.38. The van der Waals surface area contributed by atoms with E-state index in [1.54, 1.807) is 25.4 Å². The molecule has 0 bridgehead atoms. The number of nitrogens with zero attached hydrogens (tertiary/aromatic N) is 3. The highest BCUT2D eigenvalue weighted by Gasteiger charge is 2.42. The minimum Gasteiger partial charge on any atom is -0.497 e. The molecular formula is C34H30N4O4S. The van der Waals surface area contributed by atoms with Gasteiger partial charge in [0.25, 0.3) is 0 Å². The molecule has 0 saturated carbocycles. The van der Waals surface area contributed by atoms with Crippen LogP contribution in [0.2, 0.25) is 0 Å². The van der Waals surface area contributed by atoms with Crippen molar-refractivity contribution in [3.8, 4) is 22.9 Å². The summed E-state index contributed by atoms with van der Waals surface area (Å²) in [6.07, 6.45) is 1.79. The van der Waals surface area contributed by atoms with E-state index in [0.29, 0.717) is 16.6 Å². The van der Waals surface area contributed by atoms with E-state index in [4.69, 9.17) is 21.7 Å². The van der Waals surface area contributed by atoms with Crippen molar-refractivity contribution in [2.75, 3.05) is 12.0 Å². The standard InChI is InChI=1S/C34H30N4O4S/c1-21-20-29(22(2)37(21)24-9-7-23(8-10-24)33(39)40)32-31(30-6-4-5-19-35-30)36-34(43)38(32)25-11-13-27(14-12-25)42-28-17-15-26(41-3)16-18-28/h4-20,31-32H,1-3H3,(H,36,43)(H,39,40). The summed E-state index contributed by atoms with van der Waals surface area (Å²) in [5.41, 5.74) is 6.07. The van der Waals surface area contributed by atoms with E-state index in [-0.39, 0.29) is 17.6 Å². The average Bonchev–Trinajstić information content (AvgIpc) is 3.52. The second-order valence-corrected chi connectivity index (χ2v) is 10.7. The highest BCUT2D eigenvalue weighted by atomic mass is 32.1. The number of nitrogens with one attached hydrogen (secondary N) is 1. The maximum Gasteiger partial charge on any atom is 0.335 e. The van der Waals surface area contributed by atoms with Gasteiger partial charge < -0.3 is 29.4 Å². The molecule has 9 heteroatoms. The van der Waals surface area contributed by atoms with Gasteiger partial charge in [-0.05, 0) is 123 Å². The number of aromatic carboxylic acids is 1. The molecule has 2 atom stereocenters. The van der Waals surface area contributed by atoms with Gasteiger partial charge in [0.2, 0.25) is 0 Å². The molecule has 3 heterocycles. The number of anilines is 1. The van der Waals surface area contributed by atoms with Crippen molar-refractivity contribution in [1.82, 2.24) is 14.9 Å². The second-order valence-electron chi connectivity index (χ2n) is 10.3. The molecule has 1 fully saturated rings. The highest BCUT2D eigenvalue weighted by molar-refractivity contribution is 7.80. The predicted octanol–water partition coefficient (Wildman–Crippen LogP) is 7.17. The Kier molecular flexibility index (Phi) is 7.56. The molecule has 6 rings (SSSR count). The molecule has 0 amide bonds. The van der Waals surface area contributed by atoms with Crippen LogP contribution in [0, 0.1) is 13.8 Å². The lowest BCUT2D eigenvalue weighted by atomic mass is 9.96. The highest BCUT2D eigenvalue weighted by Crippen LogP contribution is 2.44. The van der Waals surface area contributed by atoms with Gasteiger partial charge in [-0.3, -0.25) is 4.98 Å². The second kappa shape index (κ2) is 11.6. The number of carboxylic acids is 1. The molecule has 1 saturated heterocycles. The lowest BCUT2D eigenvalue weighted by Gasteiger charge is -2.28. The minimum absolute atomic E-state index is 0.200. The third-order valence-electron chi connectivity index (χ3n) is 7.67. The smallest absolute Gasteiger partial charge is 0.335 e. The molecular weight excluding hydrogens is 560 g/mol. The summed E-state index contributed by atoms with van der Waals surface area (Å²) in [6, 6.07) is 29.9. The zero-order valence-corrected chi connectivity index (χ0v) is 24.7. The van der Waals surface area contributed by atoms with Crippen LogP contribution in [0.4, 0.5) is 5.69 Å². The fraction of sp³-hybridized carbons (Fsp3) is 0.147. The number of hydrogen-bond donors (Lipinski definition) is 2. The van der Waals surface area contributed by atoms with Crippen LogP contribution in [0.5, 0.6) is 17.2 Å². The quantitative estimate of drug-likeness (QED) is 0.184. The first-order chi connectivity index (χ1) is 20.8. The van der Waals surface area contributed by atoms with E-state index in [9.17, 15) is 9.90 Å². The normalized spacial score (nSPS) is 16.2. The molecule has 43 heavy (non-hydrogen) atoms. The Labute approximate surface area is 255 Å². The van der Waals surface area contributed by atoms with Gasteiger partial charge in [-0.1, -0.05) is 6.07 Å². The van der Waals surface area contributed by atoms with E-state index >= 15 is 0 Å². The fourth-order valence-electron chi connectivity index (χ4n) is 5.64. The fourth-order valence-corrected chi connectivity index (χ4v) is 5.99. The average molecular weight is 591 g/mol. The van der Waals surface area contributed by atoms with Crippen molar-refractivity contribution in [3.63, 3.8) is 0 Å². The predicted molar refractivity (Wildman–Crippen MR) is 170 cm³/mol. The summed E-state index contributed by atoms with van der Waals surface area (Å²) in [4.78, 5) is 18.2. The van der Waals surface area contributed by atoms with Gasteiger partial charge in [0.15, 0.2) is 5.11 Å². The molecule has 2 aromatic heterocycles. The zero-order valence-electron chi connectivity index (χ0n) is 23.9. The van der Waals surface area contributed by atoms with Crippen molar-refractivity contribution in [3.05, 3.63) is 131 Å². The molecule has 0 radical (unpaired) electrons. The first-order valence-electron chi connectivity index (χ1n) is 13.8. The van der Waals surface area contributed by atoms with Gasteiger partial charge >= 0.3 is 5.97 Å². The number of aryl methyl sites for hydroxylation is 1. The number of pyridine rings is 1. The molecule has 216 valence electrons. The van der Waals surface area contributed by atoms with Gasteiger partial charge in [-0.2, -0.15) is 0 Å². The summed E-state index contributed by atoms with van der Waals surface area (Å²) >= 11 is 5.93. The number of aromatic nitrogens is 2.